The number of aromatic nitrogens is 4. The molecular formula is C21H23N7O2. The van der Waals surface area contributed by atoms with Crippen LogP contribution in [-0.4, -0.2) is 51.4 Å². The Morgan fingerprint density at radius 3 is 2.77 bits per heavy atom. The van der Waals surface area contributed by atoms with Gasteiger partial charge in [0, 0.05) is 37.7 Å². The van der Waals surface area contributed by atoms with Crippen molar-refractivity contribution in [3.63, 3.8) is 0 Å². The Hall–Kier alpha value is -4.01. The number of nitrogen functional groups attached to an aromatic ring is 1. The number of hydrogen-bond acceptors (Lipinski definition) is 8. The predicted molar refractivity (Wildman–Crippen MR) is 116 cm³/mol. The van der Waals surface area contributed by atoms with E-state index in [1.165, 1.54) is 7.11 Å². The van der Waals surface area contributed by atoms with E-state index < -0.39 is 0 Å². The van der Waals surface area contributed by atoms with Gasteiger partial charge in [0.15, 0.2) is 0 Å². The maximum atomic E-state index is 12.7. The van der Waals surface area contributed by atoms with Crippen molar-refractivity contribution >= 4 is 23.4 Å². The summed E-state index contributed by atoms with van der Waals surface area (Å²) < 4.78 is 5.03. The van der Waals surface area contributed by atoms with Crippen molar-refractivity contribution in [1.82, 2.24) is 24.8 Å². The van der Waals surface area contributed by atoms with Gasteiger partial charge in [-0.05, 0) is 36.2 Å². The first-order valence-corrected chi connectivity index (χ1v) is 9.24. The van der Waals surface area contributed by atoms with Gasteiger partial charge in [-0.3, -0.25) is 4.79 Å². The molecule has 1 amide bonds. The van der Waals surface area contributed by atoms with E-state index in [1.807, 2.05) is 12.1 Å². The molecule has 30 heavy (non-hydrogen) atoms. The Morgan fingerprint density at radius 2 is 2.00 bits per heavy atom. The van der Waals surface area contributed by atoms with Gasteiger partial charge >= 0.3 is 6.01 Å². The van der Waals surface area contributed by atoms with E-state index in [-0.39, 0.29) is 17.7 Å². The molecule has 0 aromatic carbocycles. The third-order valence-corrected chi connectivity index (χ3v) is 4.33. The Morgan fingerprint density at radius 1 is 1.20 bits per heavy atom. The number of carbonyl (C=O) groups is 1. The quantitative estimate of drug-likeness (QED) is 0.549. The molecule has 3 aromatic heterocycles. The van der Waals surface area contributed by atoms with Gasteiger partial charge in [-0.15, -0.1) is 6.58 Å². The van der Waals surface area contributed by atoms with Crippen molar-refractivity contribution in [3.8, 4) is 17.1 Å². The smallest absolute Gasteiger partial charge is 0.318 e. The molecule has 9 heteroatoms. The third-order valence-electron chi connectivity index (χ3n) is 4.33. The molecule has 0 atom stereocenters. The number of nitrogens with zero attached hydrogens (tertiary/aromatic N) is 5. The summed E-state index contributed by atoms with van der Waals surface area (Å²) in [6, 6.07) is 7.36. The van der Waals surface area contributed by atoms with Crippen LogP contribution in [0.1, 0.15) is 16.8 Å². The molecule has 9 nitrogen and oxygen atoms in total. The highest BCUT2D eigenvalue weighted by atomic mass is 16.5. The molecule has 0 fully saturated rings. The fourth-order valence-electron chi connectivity index (χ4n) is 2.72. The van der Waals surface area contributed by atoms with E-state index in [0.717, 1.165) is 11.1 Å². The second-order valence-corrected chi connectivity index (χ2v) is 6.44. The zero-order chi connectivity index (χ0) is 21.5. The zero-order valence-corrected chi connectivity index (χ0v) is 16.9. The van der Waals surface area contributed by atoms with Gasteiger partial charge in [0.1, 0.15) is 17.5 Å². The van der Waals surface area contributed by atoms with Crippen LogP contribution in [0.15, 0.2) is 55.5 Å². The average molecular weight is 405 g/mol. The standard InChI is InChI=1S/C21H23N7O2/c1-4-5-10-28(2)20(29)16-11-15(13-25-19(16)22)14-6-8-23-18(12-14)26-17-7-9-24-21(27-17)30-3/h4,6-9,11-13H,1,5,10H2,2-3H3,(H2,22,25)(H,23,24,26,27). The Kier molecular flexibility index (Phi) is 6.53. The van der Waals surface area contributed by atoms with Gasteiger partial charge in [0.2, 0.25) is 0 Å². The van der Waals surface area contributed by atoms with E-state index in [2.05, 4.69) is 31.8 Å². The van der Waals surface area contributed by atoms with Crippen LogP contribution < -0.4 is 15.8 Å². The van der Waals surface area contributed by atoms with Crippen LogP contribution in [0.2, 0.25) is 0 Å². The lowest BCUT2D eigenvalue weighted by atomic mass is 10.1. The topological polar surface area (TPSA) is 119 Å². The van der Waals surface area contributed by atoms with Crippen LogP contribution >= 0.6 is 0 Å². The Bertz CT molecular complexity index is 1060. The molecular weight excluding hydrogens is 382 g/mol. The number of pyridine rings is 2. The van der Waals surface area contributed by atoms with Gasteiger partial charge in [-0.1, -0.05) is 6.08 Å². The number of amides is 1. The summed E-state index contributed by atoms with van der Waals surface area (Å²) in [6.45, 7) is 4.24. The number of nitrogens with two attached hydrogens (primary N) is 1. The lowest BCUT2D eigenvalue weighted by Gasteiger charge is -2.17. The predicted octanol–water partition coefficient (Wildman–Crippen LogP) is 2.92. The van der Waals surface area contributed by atoms with Crippen molar-refractivity contribution in [3.05, 3.63) is 61.1 Å². The third kappa shape index (κ3) is 4.88. The van der Waals surface area contributed by atoms with Crippen molar-refractivity contribution in [2.24, 2.45) is 0 Å². The SMILES string of the molecule is C=CCCN(C)C(=O)c1cc(-c2ccnc(Nc3ccnc(OC)n3)c2)cnc1N. The minimum Gasteiger partial charge on any atom is -0.467 e. The molecule has 3 rings (SSSR count). The number of nitrogens with one attached hydrogen (secondary N) is 1. The minimum absolute atomic E-state index is 0.190. The molecule has 3 N–H and O–H groups in total. The monoisotopic (exact) mass is 405 g/mol. The highest BCUT2D eigenvalue weighted by Gasteiger charge is 2.16. The molecule has 0 bridgehead atoms. The van der Waals surface area contributed by atoms with Crippen LogP contribution in [0.4, 0.5) is 17.5 Å². The van der Waals surface area contributed by atoms with Crippen molar-refractivity contribution in [2.45, 2.75) is 6.42 Å². The first kappa shape index (κ1) is 20.7. The van der Waals surface area contributed by atoms with Gasteiger partial charge in [0.25, 0.3) is 5.91 Å². The number of ether oxygens (including phenoxy) is 1. The van der Waals surface area contributed by atoms with Gasteiger partial charge in [-0.2, -0.15) is 4.98 Å². The van der Waals surface area contributed by atoms with Crippen molar-refractivity contribution in [1.29, 1.82) is 0 Å². The maximum absolute atomic E-state index is 12.7. The van der Waals surface area contributed by atoms with Crippen LogP contribution in [0.5, 0.6) is 6.01 Å². The molecule has 0 spiro atoms. The number of rotatable bonds is 8. The van der Waals surface area contributed by atoms with E-state index in [1.54, 1.807) is 48.7 Å². The molecule has 3 aromatic rings. The number of hydrogen-bond donors (Lipinski definition) is 2. The summed E-state index contributed by atoms with van der Waals surface area (Å²) >= 11 is 0. The van der Waals surface area contributed by atoms with Crippen molar-refractivity contribution in [2.75, 3.05) is 31.8 Å². The lowest BCUT2D eigenvalue weighted by Crippen LogP contribution is -2.28. The highest BCUT2D eigenvalue weighted by Crippen LogP contribution is 2.25. The molecule has 0 radical (unpaired) electrons. The highest BCUT2D eigenvalue weighted by molar-refractivity contribution is 5.99. The summed E-state index contributed by atoms with van der Waals surface area (Å²) in [7, 11) is 3.22. The fourth-order valence-corrected chi connectivity index (χ4v) is 2.72. The second kappa shape index (κ2) is 9.46. The fraction of sp³-hybridized carbons (Fsp3) is 0.190. The van der Waals surface area contributed by atoms with E-state index >= 15 is 0 Å². The molecule has 0 saturated heterocycles. The van der Waals surface area contributed by atoms with Crippen molar-refractivity contribution < 1.29 is 9.53 Å². The Balaban J connectivity index is 1.86. The number of carbonyl (C=O) groups excluding carboxylic acids is 1. The minimum atomic E-state index is -0.191. The second-order valence-electron chi connectivity index (χ2n) is 6.44. The van der Waals surface area contributed by atoms with E-state index in [9.17, 15) is 4.79 Å². The Labute approximate surface area is 174 Å². The molecule has 3 heterocycles. The summed E-state index contributed by atoms with van der Waals surface area (Å²) in [5, 5.41) is 3.11. The first-order chi connectivity index (χ1) is 14.5. The summed E-state index contributed by atoms with van der Waals surface area (Å²) in [6.07, 6.45) is 7.33. The van der Waals surface area contributed by atoms with Gasteiger partial charge < -0.3 is 20.7 Å². The first-order valence-electron chi connectivity index (χ1n) is 9.24. The van der Waals surface area contributed by atoms with E-state index in [4.69, 9.17) is 10.5 Å². The van der Waals surface area contributed by atoms with Crippen LogP contribution in [0, 0.1) is 0 Å². The molecule has 0 unspecified atom stereocenters. The van der Waals surface area contributed by atoms with Crippen LogP contribution in [0.25, 0.3) is 11.1 Å². The summed E-state index contributed by atoms with van der Waals surface area (Å²) in [5.41, 5.74) is 7.89. The maximum Gasteiger partial charge on any atom is 0.318 e. The number of methoxy groups -OCH3 is 1. The molecule has 0 aliphatic heterocycles. The lowest BCUT2D eigenvalue weighted by molar-refractivity contribution is 0.0798. The van der Waals surface area contributed by atoms with Gasteiger partial charge in [0.05, 0.1) is 12.7 Å². The van der Waals surface area contributed by atoms with Crippen LogP contribution in [0.3, 0.4) is 0 Å². The average Bonchev–Trinajstić information content (AvgIpc) is 2.77. The summed E-state index contributed by atoms with van der Waals surface area (Å²) in [4.78, 5) is 31.0. The normalized spacial score (nSPS) is 10.3. The molecule has 0 aliphatic carbocycles. The largest absolute Gasteiger partial charge is 0.467 e. The number of anilines is 3. The van der Waals surface area contributed by atoms with E-state index in [0.29, 0.717) is 30.2 Å². The van der Waals surface area contributed by atoms with Crippen LogP contribution in [-0.2, 0) is 0 Å². The zero-order valence-electron chi connectivity index (χ0n) is 16.9. The van der Waals surface area contributed by atoms with Gasteiger partial charge in [-0.25, -0.2) is 15.0 Å². The molecule has 0 saturated carbocycles. The summed E-state index contributed by atoms with van der Waals surface area (Å²) in [5.74, 6) is 1.11. The molecule has 0 aliphatic rings. The molecule has 154 valence electrons.